The average Bonchev–Trinajstić information content (AvgIpc) is 1.92. The van der Waals surface area contributed by atoms with Gasteiger partial charge in [-0.3, -0.25) is 0 Å². The van der Waals surface area contributed by atoms with Gasteiger partial charge in [0.2, 0.25) is 0 Å². The van der Waals surface area contributed by atoms with Crippen molar-refractivity contribution in [3.05, 3.63) is 0 Å². The number of nitrogens with two attached hydrogens (primary N) is 2. The van der Waals surface area contributed by atoms with E-state index in [0.717, 1.165) is 12.8 Å². The van der Waals surface area contributed by atoms with Crippen molar-refractivity contribution >= 4 is 12.4 Å². The Morgan fingerprint density at radius 1 is 0.727 bits per heavy atom. The molecule has 0 amide bonds. The van der Waals surface area contributed by atoms with Gasteiger partial charge in [0.1, 0.15) is 0 Å². The largest absolute Gasteiger partial charge is 0.326 e. The van der Waals surface area contributed by atoms with Crippen LogP contribution in [0.2, 0.25) is 0 Å². The first kappa shape index (κ1) is 11.2. The zero-order chi connectivity index (χ0) is 7.40. The fraction of sp³-hybridized carbons (Fsp3) is 1.00. The second-order valence-corrected chi connectivity index (χ2v) is 3.32. The monoisotopic (exact) mass is 178 g/mol. The van der Waals surface area contributed by atoms with Gasteiger partial charge in [-0.05, 0) is 12.8 Å². The Labute approximate surface area is 75.1 Å². The molecule has 1 saturated carbocycles. The molecule has 0 aromatic rings. The Kier molecular flexibility index (Phi) is 5.92. The second kappa shape index (κ2) is 5.81. The molecule has 0 saturated heterocycles. The van der Waals surface area contributed by atoms with Crippen molar-refractivity contribution in [2.75, 3.05) is 0 Å². The smallest absolute Gasteiger partial charge is 0.0192 e. The quantitative estimate of drug-likeness (QED) is 0.590. The molecule has 0 radical (unpaired) electrons. The van der Waals surface area contributed by atoms with Crippen LogP contribution in [0, 0.1) is 0 Å². The molecule has 0 heterocycles. The molecule has 0 aliphatic heterocycles. The van der Waals surface area contributed by atoms with Gasteiger partial charge < -0.3 is 11.5 Å². The summed E-state index contributed by atoms with van der Waals surface area (Å²) in [4.78, 5) is 0. The van der Waals surface area contributed by atoms with Crippen molar-refractivity contribution < 1.29 is 0 Å². The molecule has 11 heavy (non-hydrogen) atoms. The molecule has 3 heteroatoms. The predicted octanol–water partition coefficient (Wildman–Crippen LogP) is 1.42. The summed E-state index contributed by atoms with van der Waals surface area (Å²) in [5.41, 5.74) is 11.6. The molecular formula is C8H19ClN2. The van der Waals surface area contributed by atoms with Crippen molar-refractivity contribution in [3.8, 4) is 0 Å². The molecule has 1 aliphatic carbocycles. The Hall–Kier alpha value is 0.210. The maximum Gasteiger partial charge on any atom is 0.0192 e. The van der Waals surface area contributed by atoms with E-state index in [1.165, 1.54) is 25.7 Å². The van der Waals surface area contributed by atoms with Gasteiger partial charge in [0.15, 0.2) is 0 Å². The molecule has 0 aromatic carbocycles. The van der Waals surface area contributed by atoms with E-state index in [9.17, 15) is 0 Å². The lowest BCUT2D eigenvalue weighted by Crippen LogP contribution is -2.41. The van der Waals surface area contributed by atoms with Gasteiger partial charge in [0.25, 0.3) is 0 Å². The lowest BCUT2D eigenvalue weighted by atomic mass is 9.94. The van der Waals surface area contributed by atoms with Crippen LogP contribution in [0.25, 0.3) is 0 Å². The summed E-state index contributed by atoms with van der Waals surface area (Å²) in [5, 5.41) is 0. The molecular weight excluding hydrogens is 160 g/mol. The SMILES string of the molecule is Cl.NC1CCCCCCC1N. The minimum atomic E-state index is 0. The molecule has 68 valence electrons. The molecule has 2 unspecified atom stereocenters. The summed E-state index contributed by atoms with van der Waals surface area (Å²) in [5.74, 6) is 0. The van der Waals surface area contributed by atoms with Crippen molar-refractivity contribution in [1.82, 2.24) is 0 Å². The van der Waals surface area contributed by atoms with Gasteiger partial charge in [0, 0.05) is 12.1 Å². The van der Waals surface area contributed by atoms with E-state index in [1.54, 1.807) is 0 Å². The molecule has 0 aromatic heterocycles. The van der Waals surface area contributed by atoms with Crippen molar-refractivity contribution in [3.63, 3.8) is 0 Å². The van der Waals surface area contributed by atoms with Crippen molar-refractivity contribution in [2.24, 2.45) is 11.5 Å². The molecule has 1 aliphatic rings. The number of halogens is 1. The normalized spacial score (nSPS) is 33.3. The Morgan fingerprint density at radius 2 is 1.09 bits per heavy atom. The van der Waals surface area contributed by atoms with Crippen LogP contribution < -0.4 is 11.5 Å². The van der Waals surface area contributed by atoms with Gasteiger partial charge in [-0.2, -0.15) is 0 Å². The molecule has 0 spiro atoms. The fourth-order valence-electron chi connectivity index (χ4n) is 1.54. The number of hydrogen-bond donors (Lipinski definition) is 2. The molecule has 2 atom stereocenters. The third-order valence-electron chi connectivity index (χ3n) is 2.37. The summed E-state index contributed by atoms with van der Waals surface area (Å²) >= 11 is 0. The van der Waals surface area contributed by atoms with E-state index in [0.29, 0.717) is 0 Å². The van der Waals surface area contributed by atoms with Crippen LogP contribution in [0.1, 0.15) is 38.5 Å². The molecule has 1 rings (SSSR count). The first-order valence-electron chi connectivity index (χ1n) is 4.32. The van der Waals surface area contributed by atoms with Crippen LogP contribution in [0.3, 0.4) is 0 Å². The van der Waals surface area contributed by atoms with E-state index in [-0.39, 0.29) is 24.5 Å². The van der Waals surface area contributed by atoms with E-state index < -0.39 is 0 Å². The lowest BCUT2D eigenvalue weighted by Gasteiger charge is -2.22. The fourth-order valence-corrected chi connectivity index (χ4v) is 1.54. The van der Waals surface area contributed by atoms with Crippen molar-refractivity contribution in [2.45, 2.75) is 50.6 Å². The summed E-state index contributed by atoms with van der Waals surface area (Å²) in [7, 11) is 0. The molecule has 0 bridgehead atoms. The van der Waals surface area contributed by atoms with Gasteiger partial charge >= 0.3 is 0 Å². The standard InChI is InChI=1S/C8H18N2.ClH/c9-7-5-3-1-2-4-6-8(7)10;/h7-8H,1-6,9-10H2;1H. The highest BCUT2D eigenvalue weighted by Crippen LogP contribution is 2.14. The first-order chi connectivity index (χ1) is 4.80. The van der Waals surface area contributed by atoms with Gasteiger partial charge in [-0.15, -0.1) is 12.4 Å². The zero-order valence-corrected chi connectivity index (χ0v) is 7.78. The lowest BCUT2D eigenvalue weighted by molar-refractivity contribution is 0.403. The van der Waals surface area contributed by atoms with Crippen molar-refractivity contribution in [1.29, 1.82) is 0 Å². The molecule has 2 nitrogen and oxygen atoms in total. The van der Waals surface area contributed by atoms with Crippen LogP contribution in [0.5, 0.6) is 0 Å². The Balaban J connectivity index is 0.000001000. The highest BCUT2D eigenvalue weighted by molar-refractivity contribution is 5.85. The van der Waals surface area contributed by atoms with Crippen LogP contribution in [0.4, 0.5) is 0 Å². The van der Waals surface area contributed by atoms with Gasteiger partial charge in [-0.1, -0.05) is 25.7 Å². The molecule has 1 fully saturated rings. The third kappa shape index (κ3) is 3.94. The van der Waals surface area contributed by atoms with E-state index in [4.69, 9.17) is 11.5 Å². The Bertz CT molecular complexity index is 86.1. The first-order valence-corrected chi connectivity index (χ1v) is 4.32. The number of rotatable bonds is 0. The summed E-state index contributed by atoms with van der Waals surface area (Å²) in [6.45, 7) is 0. The van der Waals surface area contributed by atoms with Crippen LogP contribution in [0.15, 0.2) is 0 Å². The Morgan fingerprint density at radius 3 is 1.45 bits per heavy atom. The van der Waals surface area contributed by atoms with E-state index >= 15 is 0 Å². The maximum atomic E-state index is 5.82. The highest BCUT2D eigenvalue weighted by atomic mass is 35.5. The highest BCUT2D eigenvalue weighted by Gasteiger charge is 2.14. The van der Waals surface area contributed by atoms with Gasteiger partial charge in [-0.25, -0.2) is 0 Å². The zero-order valence-electron chi connectivity index (χ0n) is 6.96. The minimum absolute atomic E-state index is 0. The van der Waals surface area contributed by atoms with Gasteiger partial charge in [0.05, 0.1) is 0 Å². The van der Waals surface area contributed by atoms with E-state index in [2.05, 4.69) is 0 Å². The average molecular weight is 179 g/mol. The van der Waals surface area contributed by atoms with Crippen LogP contribution in [-0.2, 0) is 0 Å². The topological polar surface area (TPSA) is 52.0 Å². The summed E-state index contributed by atoms with van der Waals surface area (Å²) in [6, 6.07) is 0.528. The molecule has 4 N–H and O–H groups in total. The predicted molar refractivity (Wildman–Crippen MR) is 50.9 cm³/mol. The summed E-state index contributed by atoms with van der Waals surface area (Å²) in [6.07, 6.45) is 7.49. The maximum absolute atomic E-state index is 5.82. The van der Waals surface area contributed by atoms with Crippen LogP contribution in [-0.4, -0.2) is 12.1 Å². The summed E-state index contributed by atoms with van der Waals surface area (Å²) < 4.78 is 0. The minimum Gasteiger partial charge on any atom is -0.326 e. The number of hydrogen-bond acceptors (Lipinski definition) is 2. The second-order valence-electron chi connectivity index (χ2n) is 3.32. The third-order valence-corrected chi connectivity index (χ3v) is 2.37. The van der Waals surface area contributed by atoms with Crippen LogP contribution >= 0.6 is 12.4 Å². The van der Waals surface area contributed by atoms with E-state index in [1.807, 2.05) is 0 Å².